The van der Waals surface area contributed by atoms with E-state index in [-0.39, 0.29) is 11.8 Å². The molecule has 6 nitrogen and oxygen atoms in total. The van der Waals surface area contributed by atoms with Gasteiger partial charge in [0.25, 0.3) is 0 Å². The second-order valence-electron chi connectivity index (χ2n) is 7.02. The summed E-state index contributed by atoms with van der Waals surface area (Å²) in [5.41, 5.74) is 1.37. The second kappa shape index (κ2) is 7.94. The Balaban J connectivity index is 1.55. The molecule has 1 atom stereocenters. The molecule has 0 aliphatic carbocycles. The molecule has 24 heavy (non-hydrogen) atoms. The van der Waals surface area contributed by atoms with E-state index in [2.05, 4.69) is 35.2 Å². The Kier molecular flexibility index (Phi) is 5.68. The van der Waals surface area contributed by atoms with Gasteiger partial charge < -0.3 is 10.1 Å². The fourth-order valence-corrected chi connectivity index (χ4v) is 3.33. The van der Waals surface area contributed by atoms with Crippen molar-refractivity contribution < 1.29 is 9.53 Å². The van der Waals surface area contributed by atoms with Gasteiger partial charge in [0, 0.05) is 32.3 Å². The fraction of sp³-hybridized carbons (Fsp3) is 0.667. The van der Waals surface area contributed by atoms with Crippen LogP contribution in [0.25, 0.3) is 0 Å². The SMILES string of the molecule is CC(C)=CCN1CCC(n2nccc2NC(=O)[C@@H]2CCOC2)CC1. The molecule has 6 heteroatoms. The predicted octanol–water partition coefficient (Wildman–Crippen LogP) is 2.46. The number of rotatable bonds is 5. The number of likely N-dealkylation sites (tertiary alicyclic amines) is 1. The lowest BCUT2D eigenvalue weighted by Crippen LogP contribution is -2.35. The first-order valence-electron chi connectivity index (χ1n) is 8.91. The molecular weight excluding hydrogens is 304 g/mol. The van der Waals surface area contributed by atoms with Crippen LogP contribution in [-0.2, 0) is 9.53 Å². The zero-order valence-corrected chi connectivity index (χ0v) is 14.7. The summed E-state index contributed by atoms with van der Waals surface area (Å²) >= 11 is 0. The van der Waals surface area contributed by atoms with E-state index in [1.807, 2.05) is 10.7 Å². The monoisotopic (exact) mass is 332 g/mol. The summed E-state index contributed by atoms with van der Waals surface area (Å²) in [5.74, 6) is 0.837. The lowest BCUT2D eigenvalue weighted by molar-refractivity contribution is -0.119. The minimum absolute atomic E-state index is 0.0285. The highest BCUT2D eigenvalue weighted by Crippen LogP contribution is 2.26. The molecule has 0 radical (unpaired) electrons. The Morgan fingerprint density at radius 1 is 1.38 bits per heavy atom. The number of anilines is 1. The van der Waals surface area contributed by atoms with Crippen LogP contribution in [0.2, 0.25) is 0 Å². The van der Waals surface area contributed by atoms with Crippen molar-refractivity contribution in [1.82, 2.24) is 14.7 Å². The van der Waals surface area contributed by atoms with Crippen LogP contribution in [0.3, 0.4) is 0 Å². The lowest BCUT2D eigenvalue weighted by atomic mass is 10.0. The number of nitrogens with zero attached hydrogens (tertiary/aromatic N) is 3. The van der Waals surface area contributed by atoms with Crippen molar-refractivity contribution in [3.63, 3.8) is 0 Å². The highest BCUT2D eigenvalue weighted by molar-refractivity contribution is 5.92. The lowest BCUT2D eigenvalue weighted by Gasteiger charge is -2.32. The number of piperidine rings is 1. The van der Waals surface area contributed by atoms with Gasteiger partial charge >= 0.3 is 0 Å². The molecule has 0 aromatic carbocycles. The Morgan fingerprint density at radius 3 is 2.83 bits per heavy atom. The molecular formula is C18H28N4O2. The van der Waals surface area contributed by atoms with Gasteiger partial charge in [-0.3, -0.25) is 9.69 Å². The molecule has 1 N–H and O–H groups in total. The van der Waals surface area contributed by atoms with E-state index in [0.717, 1.165) is 44.7 Å². The zero-order valence-electron chi connectivity index (χ0n) is 14.7. The number of ether oxygens (including phenoxy) is 1. The number of hydrogen-bond donors (Lipinski definition) is 1. The van der Waals surface area contributed by atoms with Crippen LogP contribution in [0.4, 0.5) is 5.82 Å². The van der Waals surface area contributed by atoms with Crippen molar-refractivity contribution in [2.45, 2.75) is 39.2 Å². The van der Waals surface area contributed by atoms with Crippen LogP contribution in [-0.4, -0.2) is 53.4 Å². The van der Waals surface area contributed by atoms with E-state index in [0.29, 0.717) is 19.3 Å². The number of amides is 1. The molecule has 1 aromatic heterocycles. The topological polar surface area (TPSA) is 59.4 Å². The highest BCUT2D eigenvalue weighted by atomic mass is 16.5. The van der Waals surface area contributed by atoms with Crippen LogP contribution >= 0.6 is 0 Å². The third kappa shape index (κ3) is 4.24. The van der Waals surface area contributed by atoms with E-state index < -0.39 is 0 Å². The summed E-state index contributed by atoms with van der Waals surface area (Å²) in [6, 6.07) is 2.25. The van der Waals surface area contributed by atoms with Gasteiger partial charge in [-0.15, -0.1) is 0 Å². The van der Waals surface area contributed by atoms with Crippen molar-refractivity contribution >= 4 is 11.7 Å². The number of carbonyl (C=O) groups excluding carboxylic acids is 1. The molecule has 2 saturated heterocycles. The minimum atomic E-state index is -0.0285. The van der Waals surface area contributed by atoms with Crippen molar-refractivity contribution in [3.8, 4) is 0 Å². The Labute approximate surface area is 143 Å². The van der Waals surface area contributed by atoms with Gasteiger partial charge in [0.1, 0.15) is 5.82 Å². The number of nitrogens with one attached hydrogen (secondary N) is 1. The van der Waals surface area contributed by atoms with Crippen molar-refractivity contribution in [2.75, 3.05) is 38.2 Å². The van der Waals surface area contributed by atoms with E-state index >= 15 is 0 Å². The molecule has 0 bridgehead atoms. The molecule has 3 heterocycles. The molecule has 0 saturated carbocycles. The van der Waals surface area contributed by atoms with Crippen molar-refractivity contribution in [1.29, 1.82) is 0 Å². The van der Waals surface area contributed by atoms with Gasteiger partial charge in [-0.05, 0) is 33.1 Å². The Hall–Kier alpha value is -1.66. The maximum absolute atomic E-state index is 12.3. The number of hydrogen-bond acceptors (Lipinski definition) is 4. The molecule has 2 aliphatic rings. The minimum Gasteiger partial charge on any atom is -0.381 e. The first kappa shape index (κ1) is 17.2. The van der Waals surface area contributed by atoms with Crippen LogP contribution < -0.4 is 5.32 Å². The summed E-state index contributed by atoms with van der Waals surface area (Å²) in [7, 11) is 0. The quantitative estimate of drug-likeness (QED) is 0.842. The Morgan fingerprint density at radius 2 is 2.17 bits per heavy atom. The normalized spacial score (nSPS) is 22.5. The molecule has 132 valence electrons. The third-order valence-corrected chi connectivity index (χ3v) is 4.88. The molecule has 0 unspecified atom stereocenters. The van der Waals surface area contributed by atoms with Gasteiger partial charge in [0.05, 0.1) is 24.8 Å². The first-order chi connectivity index (χ1) is 11.6. The van der Waals surface area contributed by atoms with E-state index in [1.54, 1.807) is 6.20 Å². The van der Waals surface area contributed by atoms with Gasteiger partial charge in [-0.1, -0.05) is 11.6 Å². The van der Waals surface area contributed by atoms with Gasteiger partial charge in [0.2, 0.25) is 5.91 Å². The van der Waals surface area contributed by atoms with Gasteiger partial charge in [-0.25, -0.2) is 4.68 Å². The molecule has 1 amide bonds. The average Bonchev–Trinajstić information content (AvgIpc) is 3.25. The number of carbonyl (C=O) groups is 1. The van der Waals surface area contributed by atoms with Crippen molar-refractivity contribution in [3.05, 3.63) is 23.9 Å². The number of allylic oxidation sites excluding steroid dienone is 1. The van der Waals surface area contributed by atoms with Crippen LogP contribution in [0.1, 0.15) is 39.2 Å². The van der Waals surface area contributed by atoms with E-state index in [9.17, 15) is 4.79 Å². The summed E-state index contributed by atoms with van der Waals surface area (Å²) in [5, 5.41) is 7.50. The highest BCUT2D eigenvalue weighted by Gasteiger charge is 2.26. The summed E-state index contributed by atoms with van der Waals surface area (Å²) in [6.45, 7) is 8.65. The molecule has 3 rings (SSSR count). The summed E-state index contributed by atoms with van der Waals surface area (Å²) < 4.78 is 7.29. The maximum atomic E-state index is 12.3. The van der Waals surface area contributed by atoms with E-state index in [4.69, 9.17) is 4.74 Å². The predicted molar refractivity (Wildman–Crippen MR) is 93.9 cm³/mol. The molecule has 2 aliphatic heterocycles. The largest absolute Gasteiger partial charge is 0.381 e. The molecule has 2 fully saturated rings. The smallest absolute Gasteiger partial charge is 0.231 e. The third-order valence-electron chi connectivity index (χ3n) is 4.88. The zero-order chi connectivity index (χ0) is 16.9. The van der Waals surface area contributed by atoms with E-state index in [1.165, 1.54) is 5.57 Å². The summed E-state index contributed by atoms with van der Waals surface area (Å²) in [6.07, 6.45) is 6.99. The standard InChI is InChI=1S/C18H28N4O2/c1-14(2)4-9-21-10-5-16(6-11-21)22-17(3-8-19-22)20-18(23)15-7-12-24-13-15/h3-4,8,15-16H,5-7,9-13H2,1-2H3,(H,20,23)/t15-/m1/s1. The van der Waals surface area contributed by atoms with Crippen molar-refractivity contribution in [2.24, 2.45) is 5.92 Å². The summed E-state index contributed by atoms with van der Waals surface area (Å²) in [4.78, 5) is 14.8. The van der Waals surface area contributed by atoms with Gasteiger partial charge in [0.15, 0.2) is 0 Å². The fourth-order valence-electron chi connectivity index (χ4n) is 3.33. The average molecular weight is 332 g/mol. The van der Waals surface area contributed by atoms with Crippen LogP contribution in [0.15, 0.2) is 23.9 Å². The van der Waals surface area contributed by atoms with Gasteiger partial charge in [-0.2, -0.15) is 5.10 Å². The van der Waals surface area contributed by atoms with Crippen LogP contribution in [0, 0.1) is 5.92 Å². The first-order valence-corrected chi connectivity index (χ1v) is 8.91. The van der Waals surface area contributed by atoms with Crippen LogP contribution in [0.5, 0.6) is 0 Å². The Bertz CT molecular complexity index is 578. The maximum Gasteiger partial charge on any atom is 0.231 e. The molecule has 0 spiro atoms. The number of aromatic nitrogens is 2. The second-order valence-corrected chi connectivity index (χ2v) is 7.02. The molecule has 1 aromatic rings.